The molecule has 30 heavy (non-hydrogen) atoms. The quantitative estimate of drug-likeness (QED) is 0.456. The van der Waals surface area contributed by atoms with Gasteiger partial charge in [-0.05, 0) is 24.1 Å². The summed E-state index contributed by atoms with van der Waals surface area (Å²) in [5, 5.41) is 15.3. The number of fused-ring (bicyclic) bond motifs is 1. The summed E-state index contributed by atoms with van der Waals surface area (Å²) in [6, 6.07) is 14.5. The number of amides is 2. The zero-order chi connectivity index (χ0) is 21.5. The molecule has 0 aliphatic rings. The molecule has 2 aromatic carbocycles. The third-order valence-corrected chi connectivity index (χ3v) is 4.65. The van der Waals surface area contributed by atoms with Gasteiger partial charge in [-0.15, -0.1) is 0 Å². The molecule has 2 atom stereocenters. The van der Waals surface area contributed by atoms with Gasteiger partial charge in [-0.3, -0.25) is 4.79 Å². The number of hydrogen-bond donors (Lipinski definition) is 4. The van der Waals surface area contributed by atoms with E-state index in [1.54, 1.807) is 6.20 Å². The van der Waals surface area contributed by atoms with E-state index in [0.717, 1.165) is 22.0 Å². The van der Waals surface area contributed by atoms with Crippen molar-refractivity contribution in [3.63, 3.8) is 0 Å². The number of ether oxygens (including phenoxy) is 1. The van der Waals surface area contributed by atoms with E-state index in [2.05, 4.69) is 15.6 Å². The largest absolute Gasteiger partial charge is 0.480 e. The van der Waals surface area contributed by atoms with E-state index < -0.39 is 30.1 Å². The molecule has 156 valence electrons. The maximum Gasteiger partial charge on any atom is 0.408 e. The number of alkyl carbamates (subject to hydrolysis) is 1. The number of aliphatic carboxylic acids is 1. The van der Waals surface area contributed by atoms with Crippen LogP contribution in [0.2, 0.25) is 0 Å². The van der Waals surface area contributed by atoms with E-state index in [-0.39, 0.29) is 13.0 Å². The molecule has 0 unspecified atom stereocenters. The van der Waals surface area contributed by atoms with Crippen LogP contribution in [0.3, 0.4) is 0 Å². The number of para-hydroxylation sites is 1. The molecule has 0 saturated heterocycles. The Balaban J connectivity index is 1.55. The molecule has 3 rings (SSSR count). The van der Waals surface area contributed by atoms with Gasteiger partial charge in [0.15, 0.2) is 0 Å². The first-order valence-electron chi connectivity index (χ1n) is 9.49. The van der Waals surface area contributed by atoms with Crippen LogP contribution in [0.25, 0.3) is 10.9 Å². The molecule has 1 aromatic heterocycles. The number of benzene rings is 2. The maximum absolute atomic E-state index is 12.4. The van der Waals surface area contributed by atoms with Crippen LogP contribution in [0.4, 0.5) is 4.79 Å². The lowest BCUT2D eigenvalue weighted by Crippen LogP contribution is -2.51. The van der Waals surface area contributed by atoms with Gasteiger partial charge in [0.25, 0.3) is 0 Å². The zero-order valence-electron chi connectivity index (χ0n) is 16.4. The van der Waals surface area contributed by atoms with Crippen molar-refractivity contribution in [2.45, 2.75) is 32.0 Å². The second-order valence-corrected chi connectivity index (χ2v) is 6.89. The summed E-state index contributed by atoms with van der Waals surface area (Å²) in [5.41, 5.74) is 2.48. The third kappa shape index (κ3) is 5.38. The lowest BCUT2D eigenvalue weighted by atomic mass is 10.0. The van der Waals surface area contributed by atoms with Crippen molar-refractivity contribution < 1.29 is 24.2 Å². The molecular weight excluding hydrogens is 386 g/mol. The van der Waals surface area contributed by atoms with Gasteiger partial charge in [-0.2, -0.15) is 0 Å². The molecule has 8 nitrogen and oxygen atoms in total. The summed E-state index contributed by atoms with van der Waals surface area (Å²) in [5.74, 6) is -1.77. The molecule has 0 fully saturated rings. The predicted molar refractivity (Wildman–Crippen MR) is 111 cm³/mol. The summed E-state index contributed by atoms with van der Waals surface area (Å²) in [6.45, 7) is 1.53. The number of carboxylic acids is 1. The first-order valence-corrected chi connectivity index (χ1v) is 9.49. The molecule has 3 aromatic rings. The van der Waals surface area contributed by atoms with Crippen LogP contribution in [0.15, 0.2) is 60.8 Å². The minimum Gasteiger partial charge on any atom is -0.480 e. The lowest BCUT2D eigenvalue weighted by Gasteiger charge is -2.18. The van der Waals surface area contributed by atoms with Gasteiger partial charge < -0.3 is 25.5 Å². The van der Waals surface area contributed by atoms with E-state index in [0.29, 0.717) is 0 Å². The Kier molecular flexibility index (Phi) is 6.69. The summed E-state index contributed by atoms with van der Waals surface area (Å²) in [4.78, 5) is 39.1. The number of nitrogens with one attached hydrogen (secondary N) is 3. The van der Waals surface area contributed by atoms with Gasteiger partial charge in [0, 0.05) is 23.5 Å². The number of carboxylic acid groups (broad SMARTS) is 1. The zero-order valence-corrected chi connectivity index (χ0v) is 16.4. The Morgan fingerprint density at radius 2 is 1.73 bits per heavy atom. The second kappa shape index (κ2) is 9.60. The highest BCUT2D eigenvalue weighted by atomic mass is 16.5. The fourth-order valence-corrected chi connectivity index (χ4v) is 3.02. The highest BCUT2D eigenvalue weighted by molar-refractivity contribution is 5.90. The number of H-pyrrole nitrogens is 1. The Bertz CT molecular complexity index is 1030. The van der Waals surface area contributed by atoms with Gasteiger partial charge in [0.1, 0.15) is 18.7 Å². The number of aromatic amines is 1. The molecule has 0 spiro atoms. The van der Waals surface area contributed by atoms with Gasteiger partial charge in [0.2, 0.25) is 5.91 Å². The molecule has 0 aliphatic carbocycles. The first-order chi connectivity index (χ1) is 14.4. The van der Waals surface area contributed by atoms with Crippen molar-refractivity contribution in [1.82, 2.24) is 15.6 Å². The topological polar surface area (TPSA) is 121 Å². The van der Waals surface area contributed by atoms with Crippen LogP contribution in [0.5, 0.6) is 0 Å². The number of carbonyl (C=O) groups is 3. The minimum absolute atomic E-state index is 0.0688. The second-order valence-electron chi connectivity index (χ2n) is 6.89. The van der Waals surface area contributed by atoms with Crippen LogP contribution in [-0.4, -0.2) is 40.1 Å². The van der Waals surface area contributed by atoms with Gasteiger partial charge in [-0.1, -0.05) is 48.5 Å². The third-order valence-electron chi connectivity index (χ3n) is 4.65. The number of hydrogen-bond acceptors (Lipinski definition) is 4. The SMILES string of the molecule is C[C@H](NC(=O)OCc1ccccc1)C(=O)N[C@H](Cc1c[nH]c2ccccc12)C(=O)O. The highest BCUT2D eigenvalue weighted by Crippen LogP contribution is 2.19. The molecule has 0 bridgehead atoms. The standard InChI is InChI=1S/C22H23N3O5/c1-14(24-22(29)30-13-15-7-3-2-4-8-15)20(26)25-19(21(27)28)11-16-12-23-18-10-6-5-9-17(16)18/h2-10,12,14,19,23H,11,13H2,1H3,(H,24,29)(H,25,26)(H,27,28)/t14-,19+/m0/s1. The Morgan fingerprint density at radius 1 is 1.03 bits per heavy atom. The summed E-state index contributed by atoms with van der Waals surface area (Å²) in [6.07, 6.45) is 1.08. The van der Waals surface area contributed by atoms with Crippen molar-refractivity contribution in [2.75, 3.05) is 0 Å². The van der Waals surface area contributed by atoms with E-state index in [9.17, 15) is 19.5 Å². The minimum atomic E-state index is -1.16. The van der Waals surface area contributed by atoms with E-state index in [1.807, 2.05) is 54.6 Å². The summed E-state index contributed by atoms with van der Waals surface area (Å²) in [7, 11) is 0. The van der Waals surface area contributed by atoms with Crippen LogP contribution >= 0.6 is 0 Å². The Hall–Kier alpha value is -3.81. The fourth-order valence-electron chi connectivity index (χ4n) is 3.02. The van der Waals surface area contributed by atoms with E-state index >= 15 is 0 Å². The van der Waals surface area contributed by atoms with Crippen molar-refractivity contribution in [3.8, 4) is 0 Å². The smallest absolute Gasteiger partial charge is 0.408 e. The molecule has 4 N–H and O–H groups in total. The summed E-state index contributed by atoms with van der Waals surface area (Å²) >= 11 is 0. The lowest BCUT2D eigenvalue weighted by molar-refractivity contribution is -0.142. The fraction of sp³-hybridized carbons (Fsp3) is 0.227. The monoisotopic (exact) mass is 409 g/mol. The number of aromatic nitrogens is 1. The summed E-state index contributed by atoms with van der Waals surface area (Å²) < 4.78 is 5.08. The number of carbonyl (C=O) groups excluding carboxylic acids is 2. The highest BCUT2D eigenvalue weighted by Gasteiger charge is 2.25. The van der Waals surface area contributed by atoms with Crippen molar-refractivity contribution in [2.24, 2.45) is 0 Å². The van der Waals surface area contributed by atoms with Gasteiger partial charge >= 0.3 is 12.1 Å². The molecule has 8 heteroatoms. The molecule has 0 aliphatic heterocycles. The van der Waals surface area contributed by atoms with Crippen LogP contribution in [0.1, 0.15) is 18.1 Å². The van der Waals surface area contributed by atoms with Crippen LogP contribution in [0, 0.1) is 0 Å². The normalized spacial score (nSPS) is 12.7. The van der Waals surface area contributed by atoms with Crippen molar-refractivity contribution in [1.29, 1.82) is 0 Å². The number of rotatable bonds is 8. The average molecular weight is 409 g/mol. The average Bonchev–Trinajstić information content (AvgIpc) is 3.15. The van der Waals surface area contributed by atoms with Crippen LogP contribution < -0.4 is 10.6 Å². The van der Waals surface area contributed by atoms with Crippen LogP contribution in [-0.2, 0) is 27.4 Å². The van der Waals surface area contributed by atoms with Gasteiger partial charge in [-0.25, -0.2) is 9.59 Å². The molecule has 1 heterocycles. The first kappa shape index (κ1) is 20.9. The molecule has 0 radical (unpaired) electrons. The van der Waals surface area contributed by atoms with Crippen molar-refractivity contribution in [3.05, 3.63) is 71.9 Å². The Labute approximate surface area is 173 Å². The Morgan fingerprint density at radius 3 is 2.47 bits per heavy atom. The van der Waals surface area contributed by atoms with Crippen molar-refractivity contribution >= 4 is 28.9 Å². The molecule has 2 amide bonds. The van der Waals surface area contributed by atoms with E-state index in [1.165, 1.54) is 6.92 Å². The molecule has 0 saturated carbocycles. The van der Waals surface area contributed by atoms with Gasteiger partial charge in [0.05, 0.1) is 0 Å². The molecular formula is C22H23N3O5. The maximum atomic E-state index is 12.4. The predicted octanol–water partition coefficient (Wildman–Crippen LogP) is 2.59. The van der Waals surface area contributed by atoms with E-state index in [4.69, 9.17) is 4.74 Å².